The minimum Gasteiger partial charge on any atom is -0.320 e. The van der Waals surface area contributed by atoms with Crippen molar-refractivity contribution in [2.24, 2.45) is 5.92 Å². The maximum Gasteiger partial charge on any atom is 0.244 e. The molecule has 106 valence electrons. The van der Waals surface area contributed by atoms with E-state index in [2.05, 4.69) is 10.3 Å². The van der Waals surface area contributed by atoms with Crippen molar-refractivity contribution in [1.82, 2.24) is 14.6 Å². The van der Waals surface area contributed by atoms with Gasteiger partial charge < -0.3 is 5.32 Å². The van der Waals surface area contributed by atoms with Crippen molar-refractivity contribution in [1.29, 1.82) is 0 Å². The Hall–Kier alpha value is -0.980. The first-order valence-electron chi connectivity index (χ1n) is 6.69. The third-order valence-electron chi connectivity index (χ3n) is 3.65. The van der Waals surface area contributed by atoms with Gasteiger partial charge >= 0.3 is 0 Å². The molecule has 2 rings (SSSR count). The molecule has 1 saturated heterocycles. The van der Waals surface area contributed by atoms with Gasteiger partial charge in [-0.25, -0.2) is 8.42 Å². The van der Waals surface area contributed by atoms with Gasteiger partial charge in [-0.1, -0.05) is 0 Å². The number of pyridine rings is 1. The first kappa shape index (κ1) is 14.4. The van der Waals surface area contributed by atoms with Crippen LogP contribution in [0.15, 0.2) is 29.4 Å². The summed E-state index contributed by atoms with van der Waals surface area (Å²) in [7, 11) is -1.40. The monoisotopic (exact) mass is 283 g/mol. The van der Waals surface area contributed by atoms with E-state index in [-0.39, 0.29) is 0 Å². The average Bonchev–Trinajstić information content (AvgIpc) is 2.46. The Balaban J connectivity index is 1.98. The zero-order chi connectivity index (χ0) is 13.7. The average molecular weight is 283 g/mol. The van der Waals surface area contributed by atoms with E-state index in [1.165, 1.54) is 6.20 Å². The van der Waals surface area contributed by atoms with Crippen molar-refractivity contribution in [2.75, 3.05) is 26.7 Å². The fraction of sp³-hybridized carbons (Fsp3) is 0.615. The lowest BCUT2D eigenvalue weighted by atomic mass is 9.95. The molecule has 0 aliphatic carbocycles. The number of hydrogen-bond donors (Lipinski definition) is 1. The van der Waals surface area contributed by atoms with E-state index >= 15 is 0 Å². The molecule has 2 heterocycles. The van der Waals surface area contributed by atoms with Crippen molar-refractivity contribution in [2.45, 2.75) is 24.2 Å². The number of nitrogens with zero attached hydrogens (tertiary/aromatic N) is 2. The molecule has 1 aromatic rings. The van der Waals surface area contributed by atoms with Crippen LogP contribution in [-0.4, -0.2) is 44.4 Å². The predicted molar refractivity (Wildman–Crippen MR) is 74.3 cm³/mol. The minimum absolute atomic E-state index is 0.295. The van der Waals surface area contributed by atoms with Crippen LogP contribution in [0.2, 0.25) is 0 Å². The molecule has 5 nitrogen and oxygen atoms in total. The highest BCUT2D eigenvalue weighted by Gasteiger charge is 2.29. The second kappa shape index (κ2) is 6.45. The van der Waals surface area contributed by atoms with Gasteiger partial charge in [0.25, 0.3) is 0 Å². The number of aromatic nitrogens is 1. The normalized spacial score (nSPS) is 18.6. The van der Waals surface area contributed by atoms with E-state index in [0.29, 0.717) is 23.9 Å². The van der Waals surface area contributed by atoms with E-state index in [9.17, 15) is 8.42 Å². The second-order valence-electron chi connectivity index (χ2n) is 4.93. The van der Waals surface area contributed by atoms with Crippen molar-refractivity contribution in [3.8, 4) is 0 Å². The standard InChI is InChI=1S/C13H21N3O2S/c1-14-8-4-12-5-9-16(10-6-12)19(17,18)13-3-2-7-15-11-13/h2-3,7,11-12,14H,4-6,8-10H2,1H3. The van der Waals surface area contributed by atoms with Crippen LogP contribution < -0.4 is 5.32 Å². The molecule has 1 N–H and O–H groups in total. The van der Waals surface area contributed by atoms with Gasteiger partial charge in [-0.15, -0.1) is 0 Å². The molecule has 1 fully saturated rings. The Morgan fingerprint density at radius 3 is 2.74 bits per heavy atom. The summed E-state index contributed by atoms with van der Waals surface area (Å²) in [5.41, 5.74) is 0. The Morgan fingerprint density at radius 2 is 2.16 bits per heavy atom. The molecule has 0 spiro atoms. The van der Waals surface area contributed by atoms with Gasteiger partial charge in [0.1, 0.15) is 4.90 Å². The highest BCUT2D eigenvalue weighted by Crippen LogP contribution is 2.24. The lowest BCUT2D eigenvalue weighted by Gasteiger charge is -2.31. The molecular weight excluding hydrogens is 262 g/mol. The van der Waals surface area contributed by atoms with Crippen LogP contribution in [0, 0.1) is 5.92 Å². The van der Waals surface area contributed by atoms with E-state index < -0.39 is 10.0 Å². The number of sulfonamides is 1. The first-order chi connectivity index (χ1) is 9.14. The number of rotatable bonds is 5. The largest absolute Gasteiger partial charge is 0.320 e. The van der Waals surface area contributed by atoms with Crippen LogP contribution in [0.4, 0.5) is 0 Å². The van der Waals surface area contributed by atoms with Crippen molar-refractivity contribution in [3.63, 3.8) is 0 Å². The van der Waals surface area contributed by atoms with Crippen LogP contribution in [0.5, 0.6) is 0 Å². The summed E-state index contributed by atoms with van der Waals surface area (Å²) in [6.07, 6.45) is 6.02. The van der Waals surface area contributed by atoms with Gasteiger partial charge in [0, 0.05) is 25.5 Å². The molecule has 0 saturated carbocycles. The summed E-state index contributed by atoms with van der Waals surface area (Å²) in [5.74, 6) is 0.632. The fourth-order valence-corrected chi connectivity index (χ4v) is 3.87. The number of piperidine rings is 1. The van der Waals surface area contributed by atoms with Gasteiger partial charge in [-0.3, -0.25) is 4.98 Å². The van der Waals surface area contributed by atoms with Crippen molar-refractivity contribution >= 4 is 10.0 Å². The lowest BCUT2D eigenvalue weighted by molar-refractivity contribution is 0.263. The number of hydrogen-bond acceptors (Lipinski definition) is 4. The molecule has 0 bridgehead atoms. The van der Waals surface area contributed by atoms with E-state index in [0.717, 1.165) is 25.8 Å². The van der Waals surface area contributed by atoms with E-state index in [1.807, 2.05) is 7.05 Å². The fourth-order valence-electron chi connectivity index (χ4n) is 2.44. The van der Waals surface area contributed by atoms with Crippen molar-refractivity contribution < 1.29 is 8.42 Å². The SMILES string of the molecule is CNCCC1CCN(S(=O)(=O)c2cccnc2)CC1. The molecule has 1 aromatic heterocycles. The Bertz CT molecular complexity index is 482. The molecule has 0 atom stereocenters. The molecule has 1 aliphatic heterocycles. The second-order valence-corrected chi connectivity index (χ2v) is 6.87. The van der Waals surface area contributed by atoms with Gasteiger partial charge in [-0.05, 0) is 50.9 Å². The highest BCUT2D eigenvalue weighted by molar-refractivity contribution is 7.89. The van der Waals surface area contributed by atoms with Crippen LogP contribution in [0.1, 0.15) is 19.3 Å². The Morgan fingerprint density at radius 1 is 1.42 bits per heavy atom. The highest BCUT2D eigenvalue weighted by atomic mass is 32.2. The topological polar surface area (TPSA) is 62.3 Å². The Kier molecular flexibility index (Phi) is 4.90. The molecule has 6 heteroatoms. The maximum absolute atomic E-state index is 12.4. The number of nitrogens with one attached hydrogen (secondary N) is 1. The zero-order valence-electron chi connectivity index (χ0n) is 11.2. The molecule has 0 amide bonds. The summed E-state index contributed by atoms with van der Waals surface area (Å²) >= 11 is 0. The Labute approximate surface area is 115 Å². The molecule has 0 aromatic carbocycles. The molecule has 19 heavy (non-hydrogen) atoms. The summed E-state index contributed by atoms with van der Waals surface area (Å²) in [4.78, 5) is 4.18. The molecular formula is C13H21N3O2S. The van der Waals surface area contributed by atoms with Crippen LogP contribution in [0.3, 0.4) is 0 Å². The van der Waals surface area contributed by atoms with E-state index in [4.69, 9.17) is 0 Å². The zero-order valence-corrected chi connectivity index (χ0v) is 12.1. The lowest BCUT2D eigenvalue weighted by Crippen LogP contribution is -2.38. The summed E-state index contributed by atoms with van der Waals surface area (Å²) in [6.45, 7) is 2.23. The summed E-state index contributed by atoms with van der Waals surface area (Å²) in [5, 5.41) is 3.14. The van der Waals surface area contributed by atoms with Gasteiger partial charge in [-0.2, -0.15) is 4.31 Å². The van der Waals surface area contributed by atoms with Gasteiger partial charge in [0.2, 0.25) is 10.0 Å². The first-order valence-corrected chi connectivity index (χ1v) is 8.13. The summed E-state index contributed by atoms with van der Waals surface area (Å²) < 4.78 is 26.3. The smallest absolute Gasteiger partial charge is 0.244 e. The van der Waals surface area contributed by atoms with Crippen LogP contribution >= 0.6 is 0 Å². The summed E-state index contributed by atoms with van der Waals surface area (Å²) in [6, 6.07) is 3.27. The van der Waals surface area contributed by atoms with Crippen LogP contribution in [0.25, 0.3) is 0 Å². The van der Waals surface area contributed by atoms with Gasteiger partial charge in [0.15, 0.2) is 0 Å². The van der Waals surface area contributed by atoms with Crippen LogP contribution in [-0.2, 0) is 10.0 Å². The molecule has 1 aliphatic rings. The molecule has 0 unspecified atom stereocenters. The maximum atomic E-state index is 12.4. The van der Waals surface area contributed by atoms with Gasteiger partial charge in [0.05, 0.1) is 0 Å². The predicted octanol–water partition coefficient (Wildman–Crippen LogP) is 1.09. The minimum atomic E-state index is -3.35. The third-order valence-corrected chi connectivity index (χ3v) is 5.53. The quantitative estimate of drug-likeness (QED) is 0.879. The van der Waals surface area contributed by atoms with Crippen molar-refractivity contribution in [3.05, 3.63) is 24.5 Å². The third kappa shape index (κ3) is 3.52. The molecule has 0 radical (unpaired) electrons. The van der Waals surface area contributed by atoms with E-state index in [1.54, 1.807) is 22.6 Å².